The number of thioether (sulfide) groups is 1. The lowest BCUT2D eigenvalue weighted by molar-refractivity contribution is -0.113. The van der Waals surface area contributed by atoms with Gasteiger partial charge >= 0.3 is 0 Å². The number of ether oxygens (including phenoxy) is 2. The molecule has 0 saturated heterocycles. The standard InChI is InChI=1S/C18H18FNO3S/c19-14-4-1-3-13(9-14)11-24-12-18(21)20-15-5-6-16-17(10-15)23-8-2-7-22-16/h1,3-6,9-10H,2,7-8,11-12H2,(H,20,21). The summed E-state index contributed by atoms with van der Waals surface area (Å²) in [6.45, 7) is 1.24. The molecule has 0 spiro atoms. The van der Waals surface area contributed by atoms with Crippen LogP contribution in [0.15, 0.2) is 42.5 Å². The van der Waals surface area contributed by atoms with Crippen LogP contribution in [0, 0.1) is 5.82 Å². The quantitative estimate of drug-likeness (QED) is 0.892. The zero-order valence-corrected chi connectivity index (χ0v) is 13.9. The van der Waals surface area contributed by atoms with Crippen molar-refractivity contribution >= 4 is 23.4 Å². The van der Waals surface area contributed by atoms with E-state index in [4.69, 9.17) is 9.47 Å². The van der Waals surface area contributed by atoms with Crippen molar-refractivity contribution in [3.8, 4) is 11.5 Å². The van der Waals surface area contributed by atoms with Gasteiger partial charge in [-0.2, -0.15) is 0 Å². The van der Waals surface area contributed by atoms with Crippen LogP contribution < -0.4 is 14.8 Å². The number of hydrogen-bond acceptors (Lipinski definition) is 4. The molecule has 126 valence electrons. The number of carbonyl (C=O) groups excluding carboxylic acids is 1. The third kappa shape index (κ3) is 4.64. The zero-order valence-electron chi connectivity index (χ0n) is 13.1. The van der Waals surface area contributed by atoms with Crippen LogP contribution in [0.2, 0.25) is 0 Å². The Hall–Kier alpha value is -2.21. The number of carbonyl (C=O) groups is 1. The summed E-state index contributed by atoms with van der Waals surface area (Å²) in [4.78, 5) is 12.0. The van der Waals surface area contributed by atoms with Gasteiger partial charge in [0, 0.05) is 23.9 Å². The Labute approximate surface area is 144 Å². The van der Waals surface area contributed by atoms with Crippen LogP contribution in [0.4, 0.5) is 10.1 Å². The molecule has 0 aliphatic carbocycles. The number of benzene rings is 2. The molecule has 1 aliphatic rings. The van der Waals surface area contributed by atoms with E-state index in [1.807, 2.05) is 6.07 Å². The highest BCUT2D eigenvalue weighted by Crippen LogP contribution is 2.32. The Balaban J connectivity index is 1.50. The molecule has 0 atom stereocenters. The Morgan fingerprint density at radius 2 is 1.96 bits per heavy atom. The summed E-state index contributed by atoms with van der Waals surface area (Å²) in [7, 11) is 0. The van der Waals surface area contributed by atoms with Crippen molar-refractivity contribution < 1.29 is 18.7 Å². The van der Waals surface area contributed by atoms with Crippen molar-refractivity contribution in [2.45, 2.75) is 12.2 Å². The third-order valence-electron chi connectivity index (χ3n) is 3.42. The van der Waals surface area contributed by atoms with Gasteiger partial charge in [-0.1, -0.05) is 12.1 Å². The van der Waals surface area contributed by atoms with Crippen molar-refractivity contribution in [2.24, 2.45) is 0 Å². The second-order valence-electron chi connectivity index (χ2n) is 5.38. The maximum atomic E-state index is 13.1. The van der Waals surface area contributed by atoms with E-state index in [9.17, 15) is 9.18 Å². The molecule has 2 aromatic rings. The lowest BCUT2D eigenvalue weighted by atomic mass is 10.2. The van der Waals surface area contributed by atoms with Gasteiger partial charge in [0.25, 0.3) is 0 Å². The Kier molecular flexibility index (Phi) is 5.59. The van der Waals surface area contributed by atoms with Crippen LogP contribution >= 0.6 is 11.8 Å². The molecule has 0 unspecified atom stereocenters. The number of halogens is 1. The summed E-state index contributed by atoms with van der Waals surface area (Å²) >= 11 is 1.44. The first kappa shape index (κ1) is 16.6. The Bertz CT molecular complexity index is 723. The van der Waals surface area contributed by atoms with Crippen molar-refractivity contribution in [2.75, 3.05) is 24.3 Å². The van der Waals surface area contributed by atoms with E-state index in [0.29, 0.717) is 41.9 Å². The maximum Gasteiger partial charge on any atom is 0.234 e. The Morgan fingerprint density at radius 3 is 2.79 bits per heavy atom. The first-order valence-electron chi connectivity index (χ1n) is 7.72. The molecule has 0 saturated carbocycles. The summed E-state index contributed by atoms with van der Waals surface area (Å²) in [6.07, 6.45) is 0.840. The minimum Gasteiger partial charge on any atom is -0.490 e. The minimum atomic E-state index is -0.259. The summed E-state index contributed by atoms with van der Waals surface area (Å²) in [5, 5.41) is 2.84. The predicted octanol–water partition coefficient (Wildman–Crippen LogP) is 3.86. The van der Waals surface area contributed by atoms with Crippen LogP contribution in [-0.4, -0.2) is 24.9 Å². The van der Waals surface area contributed by atoms with Gasteiger partial charge in [-0.15, -0.1) is 11.8 Å². The van der Waals surface area contributed by atoms with Crippen molar-refractivity contribution in [1.29, 1.82) is 0 Å². The number of hydrogen-bond donors (Lipinski definition) is 1. The molecule has 0 aromatic heterocycles. The smallest absolute Gasteiger partial charge is 0.234 e. The van der Waals surface area contributed by atoms with E-state index in [0.717, 1.165) is 12.0 Å². The van der Waals surface area contributed by atoms with E-state index in [1.165, 1.54) is 23.9 Å². The van der Waals surface area contributed by atoms with E-state index < -0.39 is 0 Å². The maximum absolute atomic E-state index is 13.1. The molecule has 6 heteroatoms. The second-order valence-corrected chi connectivity index (χ2v) is 6.37. The van der Waals surface area contributed by atoms with E-state index in [1.54, 1.807) is 24.3 Å². The highest BCUT2D eigenvalue weighted by molar-refractivity contribution is 7.99. The molecule has 3 rings (SSSR count). The number of amides is 1. The monoisotopic (exact) mass is 347 g/mol. The Morgan fingerprint density at radius 1 is 1.12 bits per heavy atom. The van der Waals surface area contributed by atoms with Crippen LogP contribution in [0.25, 0.3) is 0 Å². The minimum absolute atomic E-state index is 0.106. The summed E-state index contributed by atoms with van der Waals surface area (Å²) in [6, 6.07) is 11.8. The summed E-state index contributed by atoms with van der Waals surface area (Å²) < 4.78 is 24.3. The van der Waals surface area contributed by atoms with Gasteiger partial charge in [0.05, 0.1) is 19.0 Å². The fourth-order valence-corrected chi connectivity index (χ4v) is 3.10. The van der Waals surface area contributed by atoms with Crippen LogP contribution in [-0.2, 0) is 10.5 Å². The van der Waals surface area contributed by atoms with E-state index in [-0.39, 0.29) is 11.7 Å². The molecule has 4 nitrogen and oxygen atoms in total. The van der Waals surface area contributed by atoms with Crippen LogP contribution in [0.1, 0.15) is 12.0 Å². The molecule has 1 heterocycles. The summed E-state index contributed by atoms with van der Waals surface area (Å²) in [5.74, 6) is 1.87. The van der Waals surface area contributed by atoms with E-state index in [2.05, 4.69) is 5.32 Å². The first-order valence-corrected chi connectivity index (χ1v) is 8.88. The van der Waals surface area contributed by atoms with Gasteiger partial charge in [-0.05, 0) is 29.8 Å². The van der Waals surface area contributed by atoms with Crippen LogP contribution in [0.3, 0.4) is 0 Å². The SMILES string of the molecule is O=C(CSCc1cccc(F)c1)Nc1ccc2c(c1)OCCCO2. The number of anilines is 1. The lowest BCUT2D eigenvalue weighted by Gasteiger charge is -2.10. The average molecular weight is 347 g/mol. The first-order chi connectivity index (χ1) is 11.7. The number of rotatable bonds is 5. The normalized spacial score (nSPS) is 13.2. The van der Waals surface area contributed by atoms with Gasteiger partial charge in [0.15, 0.2) is 11.5 Å². The third-order valence-corrected chi connectivity index (χ3v) is 4.43. The lowest BCUT2D eigenvalue weighted by Crippen LogP contribution is -2.14. The predicted molar refractivity (Wildman–Crippen MR) is 93.2 cm³/mol. The molecule has 0 bridgehead atoms. The second kappa shape index (κ2) is 8.06. The highest BCUT2D eigenvalue weighted by Gasteiger charge is 2.12. The topological polar surface area (TPSA) is 47.6 Å². The van der Waals surface area contributed by atoms with Gasteiger partial charge in [0.2, 0.25) is 5.91 Å². The van der Waals surface area contributed by atoms with Crippen LogP contribution in [0.5, 0.6) is 11.5 Å². The van der Waals surface area contributed by atoms with Gasteiger partial charge in [-0.3, -0.25) is 4.79 Å². The fourth-order valence-electron chi connectivity index (χ4n) is 2.33. The van der Waals surface area contributed by atoms with Crippen molar-refractivity contribution in [3.63, 3.8) is 0 Å². The molecule has 1 aliphatic heterocycles. The fraction of sp³-hybridized carbons (Fsp3) is 0.278. The molecular weight excluding hydrogens is 329 g/mol. The van der Waals surface area contributed by atoms with Crippen molar-refractivity contribution in [1.82, 2.24) is 0 Å². The zero-order chi connectivity index (χ0) is 16.8. The molecule has 0 radical (unpaired) electrons. The molecule has 24 heavy (non-hydrogen) atoms. The number of nitrogens with one attached hydrogen (secondary N) is 1. The largest absolute Gasteiger partial charge is 0.490 e. The highest BCUT2D eigenvalue weighted by atomic mass is 32.2. The number of fused-ring (bicyclic) bond motifs is 1. The van der Waals surface area contributed by atoms with E-state index >= 15 is 0 Å². The molecule has 1 amide bonds. The van der Waals surface area contributed by atoms with Gasteiger partial charge in [0.1, 0.15) is 5.82 Å². The molecule has 2 aromatic carbocycles. The van der Waals surface area contributed by atoms with Gasteiger partial charge < -0.3 is 14.8 Å². The molecule has 1 N–H and O–H groups in total. The van der Waals surface area contributed by atoms with Crippen molar-refractivity contribution in [3.05, 3.63) is 53.8 Å². The van der Waals surface area contributed by atoms with Gasteiger partial charge in [-0.25, -0.2) is 4.39 Å². The average Bonchev–Trinajstić information content (AvgIpc) is 2.80. The molecular formula is C18H18FNO3S. The summed E-state index contributed by atoms with van der Waals surface area (Å²) in [5.41, 5.74) is 1.54. The molecule has 0 fully saturated rings.